The highest BCUT2D eigenvalue weighted by Crippen LogP contribution is 2.29. The first-order chi connectivity index (χ1) is 18.3. The van der Waals surface area contributed by atoms with Crippen molar-refractivity contribution in [1.82, 2.24) is 0 Å². The largest absolute Gasteiger partial charge is 0.370 e. The maximum Gasteiger partial charge on any atom is 0.297 e. The van der Waals surface area contributed by atoms with E-state index in [4.69, 9.17) is 17.3 Å². The van der Waals surface area contributed by atoms with Crippen LogP contribution in [-0.4, -0.2) is 56.8 Å². The van der Waals surface area contributed by atoms with Gasteiger partial charge in [0.2, 0.25) is 0 Å². The quantitative estimate of drug-likeness (QED) is 0.320. The van der Waals surface area contributed by atoms with Crippen molar-refractivity contribution in [3.05, 3.63) is 89.5 Å². The Morgan fingerprint density at radius 3 is 1.44 bits per heavy atom. The highest BCUT2D eigenvalue weighted by molar-refractivity contribution is 7.87. The number of hydrogen-bond acceptors (Lipinski definition) is 10. The molecule has 0 aliphatic carbocycles. The van der Waals surface area contributed by atoms with Gasteiger partial charge in [0.1, 0.15) is 18.3 Å². The number of hydrogen-bond donors (Lipinski definition) is 0. The zero-order valence-electron chi connectivity index (χ0n) is 21.4. The molecule has 1 saturated heterocycles. The summed E-state index contributed by atoms with van der Waals surface area (Å²) in [6.45, 7) is 4.33. The summed E-state index contributed by atoms with van der Waals surface area (Å²) in [6, 6.07) is 17.7. The highest BCUT2D eigenvalue weighted by atomic mass is 32.2. The minimum Gasteiger partial charge on any atom is -0.370 e. The zero-order chi connectivity index (χ0) is 28.4. The molecule has 210 valence electrons. The van der Waals surface area contributed by atoms with E-state index >= 15 is 0 Å². The summed E-state index contributed by atoms with van der Waals surface area (Å²) >= 11 is 0. The van der Waals surface area contributed by atoms with Crippen LogP contribution in [-0.2, 0) is 47.6 Å². The second kappa shape index (κ2) is 11.5. The SMILES string of the molecule is Cc1ccc(S(=O)(=O)OC[C@H]2OC[C@H](OS(=O)(=O)c3ccc(C)cc3)[C@H]2OS(=O)(=O)c2ccc(C)cc2)cc1. The molecule has 0 N–H and O–H groups in total. The van der Waals surface area contributed by atoms with E-state index in [0.717, 1.165) is 16.7 Å². The summed E-state index contributed by atoms with van der Waals surface area (Å²) in [4.78, 5) is -0.424. The fraction of sp³-hybridized carbons (Fsp3) is 0.308. The Morgan fingerprint density at radius 1 is 0.615 bits per heavy atom. The molecule has 13 heteroatoms. The lowest BCUT2D eigenvalue weighted by molar-refractivity contribution is 0.0199. The van der Waals surface area contributed by atoms with Crippen molar-refractivity contribution in [1.29, 1.82) is 0 Å². The van der Waals surface area contributed by atoms with Crippen LogP contribution in [0.1, 0.15) is 16.7 Å². The van der Waals surface area contributed by atoms with Gasteiger partial charge in [-0.2, -0.15) is 25.3 Å². The Morgan fingerprint density at radius 2 is 1.00 bits per heavy atom. The third-order valence-electron chi connectivity index (χ3n) is 6.01. The smallest absolute Gasteiger partial charge is 0.297 e. The molecule has 39 heavy (non-hydrogen) atoms. The molecule has 0 amide bonds. The van der Waals surface area contributed by atoms with Gasteiger partial charge in [0.05, 0.1) is 27.9 Å². The van der Waals surface area contributed by atoms with Gasteiger partial charge in [-0.1, -0.05) is 53.1 Å². The molecule has 0 spiro atoms. The van der Waals surface area contributed by atoms with Crippen LogP contribution in [0.15, 0.2) is 87.5 Å². The molecule has 0 unspecified atom stereocenters. The molecule has 4 rings (SSSR count). The van der Waals surface area contributed by atoms with Crippen LogP contribution in [0.4, 0.5) is 0 Å². The maximum atomic E-state index is 13.1. The Kier molecular flexibility index (Phi) is 8.61. The zero-order valence-corrected chi connectivity index (χ0v) is 23.8. The monoisotopic (exact) mass is 596 g/mol. The van der Waals surface area contributed by atoms with Crippen molar-refractivity contribution in [2.45, 2.75) is 53.8 Å². The molecule has 1 aliphatic heterocycles. The predicted molar refractivity (Wildman–Crippen MR) is 141 cm³/mol. The summed E-state index contributed by atoms with van der Waals surface area (Å²) in [5.74, 6) is 0. The van der Waals surface area contributed by atoms with Gasteiger partial charge in [-0.3, -0.25) is 12.5 Å². The van der Waals surface area contributed by atoms with Crippen LogP contribution in [0.25, 0.3) is 0 Å². The standard InChI is InChI=1S/C26H28O10S3/c1-18-4-10-21(11-5-18)37(27,28)34-17-24-26(36-39(31,32)23-14-8-20(3)9-15-23)25(16-33-24)35-38(29,30)22-12-6-19(2)7-13-22/h4-15,24-26H,16-17H2,1-3H3/t24-,25+,26+/m1/s1. The number of ether oxygens (including phenoxy) is 1. The summed E-state index contributed by atoms with van der Waals surface area (Å²) in [7, 11) is -13.0. The van der Waals surface area contributed by atoms with E-state index in [-0.39, 0.29) is 14.7 Å². The van der Waals surface area contributed by atoms with Crippen LogP contribution in [0, 0.1) is 20.8 Å². The average Bonchev–Trinajstić information content (AvgIpc) is 3.23. The van der Waals surface area contributed by atoms with E-state index in [0.29, 0.717) is 0 Å². The van der Waals surface area contributed by atoms with Crippen LogP contribution >= 0.6 is 0 Å². The van der Waals surface area contributed by atoms with Gasteiger partial charge in [0.25, 0.3) is 30.4 Å². The molecule has 3 atom stereocenters. The van der Waals surface area contributed by atoms with Gasteiger partial charge in [-0.15, -0.1) is 0 Å². The van der Waals surface area contributed by atoms with E-state index in [2.05, 4.69) is 0 Å². The predicted octanol–water partition coefficient (Wildman–Crippen LogP) is 3.26. The molecule has 0 aromatic heterocycles. The molecule has 0 radical (unpaired) electrons. The number of rotatable bonds is 10. The lowest BCUT2D eigenvalue weighted by atomic mass is 10.2. The number of benzene rings is 3. The van der Waals surface area contributed by atoms with Crippen molar-refractivity contribution in [3.8, 4) is 0 Å². The fourth-order valence-corrected chi connectivity index (χ4v) is 6.87. The summed E-state index contributed by atoms with van der Waals surface area (Å²) in [6.07, 6.45) is -4.24. The molecule has 3 aromatic carbocycles. The van der Waals surface area contributed by atoms with E-state index in [1.807, 2.05) is 0 Å². The first-order valence-electron chi connectivity index (χ1n) is 11.8. The highest BCUT2D eigenvalue weighted by Gasteiger charge is 2.45. The Labute approximate surface area is 228 Å². The van der Waals surface area contributed by atoms with Crippen molar-refractivity contribution in [3.63, 3.8) is 0 Å². The van der Waals surface area contributed by atoms with Gasteiger partial charge in [-0.05, 0) is 57.2 Å². The van der Waals surface area contributed by atoms with Gasteiger partial charge >= 0.3 is 0 Å². The average molecular weight is 597 g/mol. The molecule has 1 heterocycles. The second-order valence-corrected chi connectivity index (χ2v) is 13.9. The molecular weight excluding hydrogens is 568 g/mol. The van der Waals surface area contributed by atoms with Gasteiger partial charge in [0.15, 0.2) is 0 Å². The van der Waals surface area contributed by atoms with E-state index < -0.39 is 61.9 Å². The van der Waals surface area contributed by atoms with Gasteiger partial charge in [0, 0.05) is 0 Å². The first kappa shape index (κ1) is 29.3. The van der Waals surface area contributed by atoms with E-state index in [1.54, 1.807) is 57.2 Å². The minimum atomic E-state index is -4.42. The molecular formula is C26H28O10S3. The number of aryl methyl sites for hydroxylation is 3. The maximum absolute atomic E-state index is 13.1. The van der Waals surface area contributed by atoms with Crippen molar-refractivity contribution in [2.24, 2.45) is 0 Å². The molecule has 3 aromatic rings. The second-order valence-electron chi connectivity index (χ2n) is 9.15. The van der Waals surface area contributed by atoms with Gasteiger partial charge in [-0.25, -0.2) is 0 Å². The van der Waals surface area contributed by atoms with E-state index in [1.165, 1.54) is 36.4 Å². The normalized spacial score (nSPS) is 20.2. The minimum absolute atomic E-state index is 0.106. The summed E-state index contributed by atoms with van der Waals surface area (Å²) < 4.78 is 98.9. The topological polar surface area (TPSA) is 139 Å². The van der Waals surface area contributed by atoms with Crippen LogP contribution < -0.4 is 0 Å². The molecule has 10 nitrogen and oxygen atoms in total. The Hall–Kier alpha value is -2.65. The fourth-order valence-electron chi connectivity index (χ4n) is 3.76. The molecule has 0 bridgehead atoms. The van der Waals surface area contributed by atoms with Crippen LogP contribution in [0.2, 0.25) is 0 Å². The first-order valence-corrected chi connectivity index (χ1v) is 16.1. The lowest BCUT2D eigenvalue weighted by Crippen LogP contribution is -2.40. The summed E-state index contributed by atoms with van der Waals surface area (Å²) in [5, 5.41) is 0. The lowest BCUT2D eigenvalue weighted by Gasteiger charge is -2.22. The molecule has 1 aliphatic rings. The van der Waals surface area contributed by atoms with Crippen LogP contribution in [0.3, 0.4) is 0 Å². The Bertz CT molecular complexity index is 1610. The van der Waals surface area contributed by atoms with Crippen LogP contribution in [0.5, 0.6) is 0 Å². The van der Waals surface area contributed by atoms with Crippen molar-refractivity contribution in [2.75, 3.05) is 13.2 Å². The van der Waals surface area contributed by atoms with Crippen molar-refractivity contribution >= 4 is 30.4 Å². The third kappa shape index (κ3) is 7.11. The van der Waals surface area contributed by atoms with Gasteiger partial charge < -0.3 is 4.74 Å². The third-order valence-corrected chi connectivity index (χ3v) is 9.98. The Balaban J connectivity index is 1.59. The summed E-state index contributed by atoms with van der Waals surface area (Å²) in [5.41, 5.74) is 2.49. The molecule has 1 fully saturated rings. The van der Waals surface area contributed by atoms with E-state index in [9.17, 15) is 25.3 Å². The molecule has 0 saturated carbocycles. The van der Waals surface area contributed by atoms with Crippen molar-refractivity contribution < 1.29 is 42.5 Å².